The quantitative estimate of drug-likeness (QED) is 0.459. The Morgan fingerprint density at radius 3 is 2.12 bits per heavy atom. The first-order chi connectivity index (χ1) is 16.5. The molecule has 0 heterocycles. The largest absolute Gasteiger partial charge is 0.481 e. The van der Waals surface area contributed by atoms with Crippen molar-refractivity contribution in [2.45, 2.75) is 31.7 Å². The van der Waals surface area contributed by atoms with Gasteiger partial charge in [-0.25, -0.2) is 4.79 Å². The highest BCUT2D eigenvalue weighted by molar-refractivity contribution is 5.99. The number of hydrogen-bond acceptors (Lipinski definition) is 4. The van der Waals surface area contributed by atoms with E-state index in [2.05, 4.69) is 10.6 Å². The molecular formula is C27H26N2O5. The molecule has 0 aromatic heterocycles. The summed E-state index contributed by atoms with van der Waals surface area (Å²) < 4.78 is 5.47. The van der Waals surface area contributed by atoms with Crippen LogP contribution in [0.4, 0.5) is 10.5 Å². The SMILES string of the molecule is CCc1ccccc1NC(=O)C(CC(=O)O)NC(=O)OCC1c2ccccc2-c2ccccc21. The highest BCUT2D eigenvalue weighted by Gasteiger charge is 2.30. The van der Waals surface area contributed by atoms with Gasteiger partial charge < -0.3 is 20.5 Å². The molecule has 1 atom stereocenters. The summed E-state index contributed by atoms with van der Waals surface area (Å²) in [6.07, 6.45) is -0.712. The molecule has 3 N–H and O–H groups in total. The number of ether oxygens (including phenoxy) is 1. The smallest absolute Gasteiger partial charge is 0.407 e. The van der Waals surface area contributed by atoms with Crippen molar-refractivity contribution in [3.8, 4) is 11.1 Å². The minimum atomic E-state index is -1.28. The van der Waals surface area contributed by atoms with Gasteiger partial charge in [-0.2, -0.15) is 0 Å². The monoisotopic (exact) mass is 458 g/mol. The second-order valence-corrected chi connectivity index (χ2v) is 8.12. The zero-order chi connectivity index (χ0) is 24.1. The molecule has 0 saturated heterocycles. The number of carboxylic acids is 1. The molecule has 3 aromatic rings. The van der Waals surface area contributed by atoms with Crippen LogP contribution in [0.2, 0.25) is 0 Å². The van der Waals surface area contributed by atoms with Crippen LogP contribution in [0.25, 0.3) is 11.1 Å². The van der Waals surface area contributed by atoms with Gasteiger partial charge in [0.15, 0.2) is 0 Å². The van der Waals surface area contributed by atoms with Crippen LogP contribution < -0.4 is 10.6 Å². The summed E-state index contributed by atoms with van der Waals surface area (Å²) in [4.78, 5) is 36.7. The number of alkyl carbamates (subject to hydrolysis) is 1. The lowest BCUT2D eigenvalue weighted by Crippen LogP contribution is -2.45. The Labute approximate surface area is 197 Å². The van der Waals surface area contributed by atoms with Crippen molar-refractivity contribution in [2.24, 2.45) is 0 Å². The second kappa shape index (κ2) is 10.2. The van der Waals surface area contributed by atoms with E-state index < -0.39 is 30.4 Å². The Morgan fingerprint density at radius 1 is 0.912 bits per heavy atom. The van der Waals surface area contributed by atoms with Crippen LogP contribution in [-0.4, -0.2) is 35.7 Å². The van der Waals surface area contributed by atoms with Crippen molar-refractivity contribution in [1.82, 2.24) is 5.32 Å². The number of aryl methyl sites for hydroxylation is 1. The molecule has 0 saturated carbocycles. The Kier molecular flexibility index (Phi) is 6.92. The fourth-order valence-electron chi connectivity index (χ4n) is 4.34. The third kappa shape index (κ3) is 4.93. The second-order valence-electron chi connectivity index (χ2n) is 8.12. The maximum Gasteiger partial charge on any atom is 0.407 e. The lowest BCUT2D eigenvalue weighted by molar-refractivity contribution is -0.139. The lowest BCUT2D eigenvalue weighted by atomic mass is 9.98. The number of benzene rings is 3. The summed E-state index contributed by atoms with van der Waals surface area (Å²) in [5, 5.41) is 14.4. The fraction of sp³-hybridized carbons (Fsp3) is 0.222. The molecule has 4 rings (SSSR count). The molecule has 0 aliphatic heterocycles. The van der Waals surface area contributed by atoms with E-state index in [4.69, 9.17) is 4.74 Å². The molecular weight excluding hydrogens is 432 g/mol. The molecule has 1 aliphatic carbocycles. The summed E-state index contributed by atoms with van der Waals surface area (Å²) in [6, 6.07) is 21.9. The number of para-hydroxylation sites is 1. The molecule has 1 aliphatic rings. The van der Waals surface area contributed by atoms with Gasteiger partial charge in [0.25, 0.3) is 0 Å². The normalized spacial score (nSPS) is 12.9. The zero-order valence-electron chi connectivity index (χ0n) is 18.8. The van der Waals surface area contributed by atoms with E-state index in [0.29, 0.717) is 12.1 Å². The Morgan fingerprint density at radius 2 is 1.50 bits per heavy atom. The number of rotatable bonds is 8. The molecule has 3 aromatic carbocycles. The maximum atomic E-state index is 12.8. The lowest BCUT2D eigenvalue weighted by Gasteiger charge is -2.19. The van der Waals surface area contributed by atoms with Crippen molar-refractivity contribution in [3.63, 3.8) is 0 Å². The predicted molar refractivity (Wildman–Crippen MR) is 129 cm³/mol. The number of aliphatic carboxylic acids is 1. The molecule has 0 bridgehead atoms. The van der Waals surface area contributed by atoms with E-state index in [1.165, 1.54) is 0 Å². The Bertz CT molecular complexity index is 1180. The average Bonchev–Trinajstić information content (AvgIpc) is 3.16. The van der Waals surface area contributed by atoms with Gasteiger partial charge in [-0.05, 0) is 40.3 Å². The highest BCUT2D eigenvalue weighted by atomic mass is 16.5. The van der Waals surface area contributed by atoms with Gasteiger partial charge in [0.1, 0.15) is 12.6 Å². The molecule has 0 radical (unpaired) electrons. The standard InChI is InChI=1S/C27H26N2O5/c1-2-17-9-3-8-14-23(17)28-26(32)24(15-25(30)31)29-27(33)34-16-22-20-12-6-4-10-18(20)19-11-5-7-13-21(19)22/h3-14,22,24H,2,15-16H2,1H3,(H,28,32)(H,29,33)(H,30,31). The summed E-state index contributed by atoms with van der Waals surface area (Å²) in [6.45, 7) is 2.02. The molecule has 174 valence electrons. The van der Waals surface area contributed by atoms with E-state index in [1.54, 1.807) is 12.1 Å². The number of anilines is 1. The van der Waals surface area contributed by atoms with Crippen molar-refractivity contribution in [3.05, 3.63) is 89.5 Å². The first-order valence-electron chi connectivity index (χ1n) is 11.2. The highest BCUT2D eigenvalue weighted by Crippen LogP contribution is 2.44. The van der Waals surface area contributed by atoms with E-state index >= 15 is 0 Å². The number of carbonyl (C=O) groups excluding carboxylic acids is 2. The molecule has 0 fully saturated rings. The number of amides is 2. The third-order valence-corrected chi connectivity index (χ3v) is 5.99. The van der Waals surface area contributed by atoms with Crippen LogP contribution in [0.1, 0.15) is 36.0 Å². The fourth-order valence-corrected chi connectivity index (χ4v) is 4.34. The third-order valence-electron chi connectivity index (χ3n) is 5.99. The van der Waals surface area contributed by atoms with Gasteiger partial charge in [-0.15, -0.1) is 0 Å². The molecule has 7 nitrogen and oxygen atoms in total. The van der Waals surface area contributed by atoms with E-state index in [1.807, 2.05) is 67.6 Å². The van der Waals surface area contributed by atoms with Gasteiger partial charge in [0.05, 0.1) is 6.42 Å². The van der Waals surface area contributed by atoms with E-state index in [-0.39, 0.29) is 12.5 Å². The summed E-state index contributed by atoms with van der Waals surface area (Å²) in [5.74, 6) is -1.96. The number of hydrogen-bond donors (Lipinski definition) is 3. The topological polar surface area (TPSA) is 105 Å². The maximum absolute atomic E-state index is 12.8. The predicted octanol–water partition coefficient (Wildman–Crippen LogP) is 4.57. The molecule has 1 unspecified atom stereocenters. The van der Waals surface area contributed by atoms with Crippen LogP contribution in [0, 0.1) is 0 Å². The van der Waals surface area contributed by atoms with Gasteiger partial charge >= 0.3 is 12.1 Å². The van der Waals surface area contributed by atoms with Gasteiger partial charge in [0.2, 0.25) is 5.91 Å². The number of carboxylic acid groups (broad SMARTS) is 1. The van der Waals surface area contributed by atoms with Gasteiger partial charge in [0, 0.05) is 11.6 Å². The summed E-state index contributed by atoms with van der Waals surface area (Å²) >= 11 is 0. The number of carbonyl (C=O) groups is 3. The molecule has 0 spiro atoms. The van der Waals surface area contributed by atoms with Crippen LogP contribution in [0.3, 0.4) is 0 Å². The number of fused-ring (bicyclic) bond motifs is 3. The molecule has 2 amide bonds. The van der Waals surface area contributed by atoms with Gasteiger partial charge in [-0.3, -0.25) is 9.59 Å². The van der Waals surface area contributed by atoms with Crippen LogP contribution >= 0.6 is 0 Å². The van der Waals surface area contributed by atoms with E-state index in [9.17, 15) is 19.5 Å². The van der Waals surface area contributed by atoms with Crippen molar-refractivity contribution < 1.29 is 24.2 Å². The van der Waals surface area contributed by atoms with Crippen molar-refractivity contribution in [1.29, 1.82) is 0 Å². The Balaban J connectivity index is 1.44. The zero-order valence-corrected chi connectivity index (χ0v) is 18.8. The van der Waals surface area contributed by atoms with E-state index in [0.717, 1.165) is 27.8 Å². The minimum absolute atomic E-state index is 0.0694. The summed E-state index contributed by atoms with van der Waals surface area (Å²) in [7, 11) is 0. The average molecular weight is 459 g/mol. The Hall–Kier alpha value is -4.13. The van der Waals surface area contributed by atoms with Crippen LogP contribution in [0.15, 0.2) is 72.8 Å². The molecule has 34 heavy (non-hydrogen) atoms. The van der Waals surface area contributed by atoms with Crippen molar-refractivity contribution in [2.75, 3.05) is 11.9 Å². The van der Waals surface area contributed by atoms with Crippen molar-refractivity contribution >= 4 is 23.7 Å². The summed E-state index contributed by atoms with van der Waals surface area (Å²) in [5.41, 5.74) is 5.82. The first-order valence-corrected chi connectivity index (χ1v) is 11.2. The van der Waals surface area contributed by atoms with Crippen LogP contribution in [0.5, 0.6) is 0 Å². The van der Waals surface area contributed by atoms with Gasteiger partial charge in [-0.1, -0.05) is 73.7 Å². The number of nitrogens with one attached hydrogen (secondary N) is 2. The van der Waals surface area contributed by atoms with Crippen LogP contribution in [-0.2, 0) is 20.7 Å². The minimum Gasteiger partial charge on any atom is -0.481 e. The molecule has 7 heteroatoms. The first kappa shape index (κ1) is 23.0.